The van der Waals surface area contributed by atoms with Crippen LogP contribution in [-0.2, 0) is 9.59 Å². The van der Waals surface area contributed by atoms with Gasteiger partial charge < -0.3 is 14.9 Å². The third-order valence-corrected chi connectivity index (χ3v) is 5.85. The maximum Gasteiger partial charge on any atom is 0.295 e. The van der Waals surface area contributed by atoms with Gasteiger partial charge in [-0.25, -0.2) is 0 Å². The number of carbonyl (C=O) groups excluding carboxylic acids is 2. The van der Waals surface area contributed by atoms with Gasteiger partial charge in [-0.15, -0.1) is 0 Å². The first kappa shape index (κ1) is 22.1. The first-order valence-corrected chi connectivity index (χ1v) is 10.6. The number of carbonyl (C=O) groups is 2. The zero-order chi connectivity index (χ0) is 21.8. The molecule has 2 aromatic rings. The van der Waals surface area contributed by atoms with E-state index in [1.54, 1.807) is 29.2 Å². The van der Waals surface area contributed by atoms with Gasteiger partial charge in [0.05, 0.1) is 11.6 Å². The molecule has 3 rings (SSSR count). The van der Waals surface area contributed by atoms with Crippen molar-refractivity contribution in [3.05, 3.63) is 75.8 Å². The number of benzene rings is 2. The minimum atomic E-state index is -0.660. The van der Waals surface area contributed by atoms with E-state index in [1.807, 2.05) is 31.2 Å². The number of aliphatic hydroxyl groups is 1. The highest BCUT2D eigenvalue weighted by Gasteiger charge is 2.45. The van der Waals surface area contributed by atoms with E-state index in [-0.39, 0.29) is 11.3 Å². The molecule has 0 bridgehead atoms. The summed E-state index contributed by atoms with van der Waals surface area (Å²) in [5.74, 6) is -1.42. The van der Waals surface area contributed by atoms with E-state index in [4.69, 9.17) is 11.6 Å². The molecule has 0 unspecified atom stereocenters. The van der Waals surface area contributed by atoms with Gasteiger partial charge in [-0.1, -0.05) is 55.3 Å². The fraction of sp³-hybridized carbons (Fsp3) is 0.333. The van der Waals surface area contributed by atoms with Crippen molar-refractivity contribution in [2.45, 2.75) is 26.8 Å². The lowest BCUT2D eigenvalue weighted by atomic mass is 9.95. The second kappa shape index (κ2) is 9.45. The number of hydrogen-bond acceptors (Lipinski definition) is 4. The van der Waals surface area contributed by atoms with E-state index in [0.717, 1.165) is 24.2 Å². The third kappa shape index (κ3) is 4.42. The van der Waals surface area contributed by atoms with Gasteiger partial charge in [0, 0.05) is 23.7 Å². The standard InChI is InChI=1S/C24H27ClN2O3/c1-4-26(5-2)14-15-27-21(17-8-6-16(3)7-9-17)20(23(29)24(27)30)22(28)18-10-12-19(25)13-11-18/h6-13,21,28H,4-5,14-15H2,1-3H3/t21-/m1/s1. The number of nitrogens with zero attached hydrogens (tertiary/aromatic N) is 2. The van der Waals surface area contributed by atoms with Gasteiger partial charge in [0.25, 0.3) is 11.7 Å². The van der Waals surface area contributed by atoms with Crippen molar-refractivity contribution in [1.29, 1.82) is 0 Å². The highest BCUT2D eigenvalue weighted by atomic mass is 35.5. The number of amides is 1. The van der Waals surface area contributed by atoms with Crippen LogP contribution in [0.25, 0.3) is 5.76 Å². The zero-order valence-electron chi connectivity index (χ0n) is 17.6. The van der Waals surface area contributed by atoms with Crippen LogP contribution < -0.4 is 0 Å². The molecule has 6 heteroatoms. The lowest BCUT2D eigenvalue weighted by Crippen LogP contribution is -2.38. The van der Waals surface area contributed by atoms with E-state index >= 15 is 0 Å². The third-order valence-electron chi connectivity index (χ3n) is 5.60. The fourth-order valence-electron chi connectivity index (χ4n) is 3.76. The number of rotatable bonds is 7. The van der Waals surface area contributed by atoms with Crippen LogP contribution >= 0.6 is 11.6 Å². The molecule has 2 aromatic carbocycles. The minimum Gasteiger partial charge on any atom is -0.507 e. The fourth-order valence-corrected chi connectivity index (χ4v) is 3.88. The molecule has 1 atom stereocenters. The molecule has 5 nitrogen and oxygen atoms in total. The van der Waals surface area contributed by atoms with Gasteiger partial charge in [-0.05, 0) is 49.8 Å². The number of hydrogen-bond donors (Lipinski definition) is 1. The molecule has 0 saturated carbocycles. The maximum atomic E-state index is 13.0. The largest absolute Gasteiger partial charge is 0.507 e. The van der Waals surface area contributed by atoms with Crippen molar-refractivity contribution in [2.75, 3.05) is 26.2 Å². The van der Waals surface area contributed by atoms with E-state index in [1.165, 1.54) is 0 Å². The van der Waals surface area contributed by atoms with Gasteiger partial charge in [0.15, 0.2) is 0 Å². The summed E-state index contributed by atoms with van der Waals surface area (Å²) in [4.78, 5) is 29.7. The van der Waals surface area contributed by atoms with Gasteiger partial charge >= 0.3 is 0 Å². The van der Waals surface area contributed by atoms with E-state index in [9.17, 15) is 14.7 Å². The first-order chi connectivity index (χ1) is 14.4. The predicted molar refractivity (Wildman–Crippen MR) is 119 cm³/mol. The Kier molecular flexibility index (Phi) is 6.95. The average molecular weight is 427 g/mol. The molecule has 1 fully saturated rings. The maximum absolute atomic E-state index is 13.0. The van der Waals surface area contributed by atoms with Crippen LogP contribution in [0.3, 0.4) is 0 Å². The number of aryl methyl sites for hydroxylation is 1. The number of ketones is 1. The average Bonchev–Trinajstić information content (AvgIpc) is 3.00. The van der Waals surface area contributed by atoms with Crippen LogP contribution in [0, 0.1) is 6.92 Å². The molecule has 1 heterocycles. The van der Waals surface area contributed by atoms with Crippen molar-refractivity contribution < 1.29 is 14.7 Å². The Morgan fingerprint density at radius 1 is 1.03 bits per heavy atom. The topological polar surface area (TPSA) is 60.9 Å². The van der Waals surface area contributed by atoms with Crippen molar-refractivity contribution in [3.63, 3.8) is 0 Å². The number of likely N-dealkylation sites (tertiary alicyclic amines) is 1. The van der Waals surface area contributed by atoms with Crippen molar-refractivity contribution in [3.8, 4) is 0 Å². The Balaban J connectivity index is 2.08. The summed E-state index contributed by atoms with van der Waals surface area (Å²) >= 11 is 5.96. The molecule has 0 spiro atoms. The lowest BCUT2D eigenvalue weighted by Gasteiger charge is -2.28. The summed E-state index contributed by atoms with van der Waals surface area (Å²) in [6.45, 7) is 8.90. The number of aliphatic hydroxyl groups excluding tert-OH is 1. The van der Waals surface area contributed by atoms with E-state index in [2.05, 4.69) is 18.7 Å². The number of Topliss-reactive ketones (excluding diaryl/α,β-unsaturated/α-hetero) is 1. The molecule has 1 amide bonds. The summed E-state index contributed by atoms with van der Waals surface area (Å²) in [5.41, 5.74) is 2.45. The van der Waals surface area contributed by atoms with Crippen LogP contribution in [0.2, 0.25) is 5.02 Å². The monoisotopic (exact) mass is 426 g/mol. The molecule has 1 aliphatic rings. The van der Waals surface area contributed by atoms with Crippen LogP contribution in [0.1, 0.15) is 36.6 Å². The highest BCUT2D eigenvalue weighted by molar-refractivity contribution is 6.46. The lowest BCUT2D eigenvalue weighted by molar-refractivity contribution is -0.140. The van der Waals surface area contributed by atoms with Gasteiger partial charge in [0.1, 0.15) is 5.76 Å². The van der Waals surface area contributed by atoms with E-state index in [0.29, 0.717) is 23.7 Å². The molecular formula is C24H27ClN2O3. The highest BCUT2D eigenvalue weighted by Crippen LogP contribution is 2.39. The summed E-state index contributed by atoms with van der Waals surface area (Å²) in [5, 5.41) is 11.5. The number of halogens is 1. The predicted octanol–water partition coefficient (Wildman–Crippen LogP) is 4.41. The number of likely N-dealkylation sites (N-methyl/N-ethyl adjacent to an activating group) is 1. The SMILES string of the molecule is CCN(CC)CCN1C(=O)C(=O)C(=C(O)c2ccc(Cl)cc2)[C@H]1c1ccc(C)cc1. The van der Waals surface area contributed by atoms with Crippen LogP contribution in [-0.4, -0.2) is 52.8 Å². The first-order valence-electron chi connectivity index (χ1n) is 10.2. The molecular weight excluding hydrogens is 400 g/mol. The molecule has 1 saturated heterocycles. The Hall–Kier alpha value is -2.63. The minimum absolute atomic E-state index is 0.116. The zero-order valence-corrected chi connectivity index (χ0v) is 18.3. The van der Waals surface area contributed by atoms with E-state index < -0.39 is 17.7 Å². The van der Waals surface area contributed by atoms with Crippen LogP contribution in [0.4, 0.5) is 0 Å². The van der Waals surface area contributed by atoms with Gasteiger partial charge in [0.2, 0.25) is 0 Å². The molecule has 30 heavy (non-hydrogen) atoms. The Morgan fingerprint density at radius 2 is 1.63 bits per heavy atom. The van der Waals surface area contributed by atoms with Crippen molar-refractivity contribution in [1.82, 2.24) is 9.80 Å². The van der Waals surface area contributed by atoms with Gasteiger partial charge in [-0.3, -0.25) is 9.59 Å². The summed E-state index contributed by atoms with van der Waals surface area (Å²) in [7, 11) is 0. The summed E-state index contributed by atoms with van der Waals surface area (Å²) in [6, 6.07) is 13.7. The van der Waals surface area contributed by atoms with Gasteiger partial charge in [-0.2, -0.15) is 0 Å². The van der Waals surface area contributed by atoms with Crippen LogP contribution in [0.15, 0.2) is 54.1 Å². The Labute approximate surface area is 182 Å². The molecule has 0 aliphatic carbocycles. The Morgan fingerprint density at radius 3 is 2.20 bits per heavy atom. The summed E-state index contributed by atoms with van der Waals surface area (Å²) in [6.07, 6.45) is 0. The molecule has 158 valence electrons. The van der Waals surface area contributed by atoms with Crippen LogP contribution in [0.5, 0.6) is 0 Å². The smallest absolute Gasteiger partial charge is 0.295 e. The molecule has 0 aromatic heterocycles. The molecule has 1 aliphatic heterocycles. The van der Waals surface area contributed by atoms with Crippen molar-refractivity contribution >= 4 is 29.1 Å². The quantitative estimate of drug-likeness (QED) is 0.404. The second-order valence-electron chi connectivity index (χ2n) is 7.44. The molecule has 1 N–H and O–H groups in total. The normalized spacial score (nSPS) is 18.4. The molecule has 0 radical (unpaired) electrons. The Bertz CT molecular complexity index is 947. The summed E-state index contributed by atoms with van der Waals surface area (Å²) < 4.78 is 0. The van der Waals surface area contributed by atoms with Crippen molar-refractivity contribution in [2.24, 2.45) is 0 Å². The second-order valence-corrected chi connectivity index (χ2v) is 7.87.